The molecule has 0 amide bonds. The monoisotopic (exact) mass is 201 g/mol. The standard InChI is InChI=1S/C11H23NO2/c1-9(2)13-6-5-12-7-10(3)14-11(4)8-12/h9-11H,5-8H2,1-4H3. The molecule has 0 radical (unpaired) electrons. The fourth-order valence-electron chi connectivity index (χ4n) is 1.88. The minimum Gasteiger partial charge on any atom is -0.377 e. The van der Waals surface area contributed by atoms with Crippen LogP contribution in [0.5, 0.6) is 0 Å². The van der Waals surface area contributed by atoms with E-state index in [9.17, 15) is 0 Å². The minimum absolute atomic E-state index is 0.339. The lowest BCUT2D eigenvalue weighted by atomic mass is 10.2. The molecule has 2 unspecified atom stereocenters. The molecule has 1 heterocycles. The van der Waals surface area contributed by atoms with E-state index in [2.05, 4.69) is 32.6 Å². The van der Waals surface area contributed by atoms with Crippen LogP contribution in [0.2, 0.25) is 0 Å². The zero-order chi connectivity index (χ0) is 10.6. The van der Waals surface area contributed by atoms with Crippen LogP contribution in [0.4, 0.5) is 0 Å². The first-order chi connectivity index (χ1) is 6.58. The summed E-state index contributed by atoms with van der Waals surface area (Å²) in [6.07, 6.45) is 1.06. The van der Waals surface area contributed by atoms with Crippen LogP contribution in [-0.4, -0.2) is 49.5 Å². The van der Waals surface area contributed by atoms with Gasteiger partial charge in [0, 0.05) is 19.6 Å². The van der Waals surface area contributed by atoms with E-state index in [1.165, 1.54) is 0 Å². The molecule has 14 heavy (non-hydrogen) atoms. The maximum atomic E-state index is 5.66. The van der Waals surface area contributed by atoms with Gasteiger partial charge in [-0.3, -0.25) is 4.90 Å². The van der Waals surface area contributed by atoms with Gasteiger partial charge in [0.15, 0.2) is 0 Å². The predicted octanol–water partition coefficient (Wildman–Crippen LogP) is 1.52. The molecule has 3 nitrogen and oxygen atoms in total. The lowest BCUT2D eigenvalue weighted by molar-refractivity contribution is -0.0748. The SMILES string of the molecule is CC(C)OCCN1CC(C)OC(C)C1. The van der Waals surface area contributed by atoms with Gasteiger partial charge in [0.05, 0.1) is 24.9 Å². The zero-order valence-corrected chi connectivity index (χ0v) is 9.82. The van der Waals surface area contributed by atoms with E-state index in [0.717, 1.165) is 26.2 Å². The summed E-state index contributed by atoms with van der Waals surface area (Å²) < 4.78 is 11.2. The number of ether oxygens (including phenoxy) is 2. The average molecular weight is 201 g/mol. The van der Waals surface area contributed by atoms with Crippen molar-refractivity contribution in [3.8, 4) is 0 Å². The minimum atomic E-state index is 0.339. The van der Waals surface area contributed by atoms with Crippen molar-refractivity contribution in [2.75, 3.05) is 26.2 Å². The second-order valence-electron chi connectivity index (χ2n) is 4.44. The van der Waals surface area contributed by atoms with Crippen LogP contribution in [0.25, 0.3) is 0 Å². The molecule has 0 aromatic carbocycles. The highest BCUT2D eigenvalue weighted by molar-refractivity contribution is 4.72. The average Bonchev–Trinajstić information content (AvgIpc) is 2.01. The van der Waals surface area contributed by atoms with Crippen LogP contribution < -0.4 is 0 Å². The number of hydrogen-bond donors (Lipinski definition) is 0. The van der Waals surface area contributed by atoms with E-state index < -0.39 is 0 Å². The number of nitrogens with zero attached hydrogens (tertiary/aromatic N) is 1. The molecular weight excluding hydrogens is 178 g/mol. The van der Waals surface area contributed by atoms with Crippen molar-refractivity contribution in [3.63, 3.8) is 0 Å². The third-order valence-electron chi connectivity index (χ3n) is 2.35. The molecule has 0 aromatic heterocycles. The van der Waals surface area contributed by atoms with Gasteiger partial charge in [0.2, 0.25) is 0 Å². The lowest BCUT2D eigenvalue weighted by Gasteiger charge is -2.35. The molecule has 1 aliphatic rings. The Hall–Kier alpha value is -0.120. The normalized spacial score (nSPS) is 29.8. The van der Waals surface area contributed by atoms with E-state index in [1.807, 2.05) is 0 Å². The Morgan fingerprint density at radius 2 is 1.86 bits per heavy atom. The third kappa shape index (κ3) is 4.40. The van der Waals surface area contributed by atoms with Gasteiger partial charge >= 0.3 is 0 Å². The summed E-state index contributed by atoms with van der Waals surface area (Å²) in [5, 5.41) is 0. The summed E-state index contributed by atoms with van der Waals surface area (Å²) in [6.45, 7) is 12.3. The van der Waals surface area contributed by atoms with Crippen molar-refractivity contribution in [2.45, 2.75) is 46.0 Å². The molecule has 1 aliphatic heterocycles. The molecule has 84 valence electrons. The maximum Gasteiger partial charge on any atom is 0.0678 e. The van der Waals surface area contributed by atoms with E-state index in [4.69, 9.17) is 9.47 Å². The Kier molecular flexibility index (Phi) is 4.85. The first-order valence-corrected chi connectivity index (χ1v) is 5.57. The Morgan fingerprint density at radius 3 is 2.36 bits per heavy atom. The zero-order valence-electron chi connectivity index (χ0n) is 9.82. The van der Waals surface area contributed by atoms with Crippen molar-refractivity contribution < 1.29 is 9.47 Å². The van der Waals surface area contributed by atoms with Crippen LogP contribution in [0.15, 0.2) is 0 Å². The van der Waals surface area contributed by atoms with Gasteiger partial charge in [-0.2, -0.15) is 0 Å². The Labute approximate surface area is 87.4 Å². The van der Waals surface area contributed by atoms with Crippen molar-refractivity contribution in [1.29, 1.82) is 0 Å². The molecule has 1 saturated heterocycles. The smallest absolute Gasteiger partial charge is 0.0678 e. The highest BCUT2D eigenvalue weighted by Crippen LogP contribution is 2.09. The van der Waals surface area contributed by atoms with Crippen molar-refractivity contribution in [3.05, 3.63) is 0 Å². The molecule has 0 N–H and O–H groups in total. The van der Waals surface area contributed by atoms with Gasteiger partial charge in [-0.25, -0.2) is 0 Å². The highest BCUT2D eigenvalue weighted by Gasteiger charge is 2.21. The molecule has 0 aliphatic carbocycles. The van der Waals surface area contributed by atoms with Crippen LogP contribution in [0, 0.1) is 0 Å². The summed E-state index contributed by atoms with van der Waals surface area (Å²) >= 11 is 0. The summed E-state index contributed by atoms with van der Waals surface area (Å²) in [5.41, 5.74) is 0. The molecular formula is C11H23NO2. The quantitative estimate of drug-likeness (QED) is 0.688. The Balaban J connectivity index is 2.17. The van der Waals surface area contributed by atoms with E-state index in [-0.39, 0.29) is 0 Å². The van der Waals surface area contributed by atoms with E-state index in [1.54, 1.807) is 0 Å². The Bertz CT molecular complexity index is 151. The predicted molar refractivity (Wildman–Crippen MR) is 57.5 cm³/mol. The largest absolute Gasteiger partial charge is 0.377 e. The van der Waals surface area contributed by atoms with E-state index >= 15 is 0 Å². The number of rotatable bonds is 4. The summed E-state index contributed by atoms with van der Waals surface area (Å²) in [4.78, 5) is 2.42. The maximum absolute atomic E-state index is 5.66. The number of morpholine rings is 1. The Morgan fingerprint density at radius 1 is 1.29 bits per heavy atom. The summed E-state index contributed by atoms with van der Waals surface area (Å²) in [7, 11) is 0. The third-order valence-corrected chi connectivity index (χ3v) is 2.35. The fourth-order valence-corrected chi connectivity index (χ4v) is 1.88. The van der Waals surface area contributed by atoms with Gasteiger partial charge in [0.1, 0.15) is 0 Å². The van der Waals surface area contributed by atoms with Crippen LogP contribution in [-0.2, 0) is 9.47 Å². The first kappa shape index (κ1) is 12.0. The molecule has 0 spiro atoms. The molecule has 0 bridgehead atoms. The van der Waals surface area contributed by atoms with Gasteiger partial charge in [-0.05, 0) is 27.7 Å². The lowest BCUT2D eigenvalue weighted by Crippen LogP contribution is -2.46. The molecule has 2 atom stereocenters. The second-order valence-corrected chi connectivity index (χ2v) is 4.44. The molecule has 3 heteroatoms. The highest BCUT2D eigenvalue weighted by atomic mass is 16.5. The van der Waals surface area contributed by atoms with Crippen molar-refractivity contribution >= 4 is 0 Å². The van der Waals surface area contributed by atoms with Gasteiger partial charge in [-0.15, -0.1) is 0 Å². The van der Waals surface area contributed by atoms with E-state index in [0.29, 0.717) is 18.3 Å². The van der Waals surface area contributed by atoms with Gasteiger partial charge in [-0.1, -0.05) is 0 Å². The molecule has 0 aromatic rings. The van der Waals surface area contributed by atoms with Gasteiger partial charge < -0.3 is 9.47 Å². The van der Waals surface area contributed by atoms with Crippen LogP contribution in [0.3, 0.4) is 0 Å². The first-order valence-electron chi connectivity index (χ1n) is 5.57. The van der Waals surface area contributed by atoms with Crippen molar-refractivity contribution in [1.82, 2.24) is 4.90 Å². The molecule has 0 saturated carbocycles. The fraction of sp³-hybridized carbons (Fsp3) is 1.00. The molecule has 1 rings (SSSR count). The number of hydrogen-bond acceptors (Lipinski definition) is 3. The molecule has 1 fully saturated rings. The van der Waals surface area contributed by atoms with Gasteiger partial charge in [0.25, 0.3) is 0 Å². The topological polar surface area (TPSA) is 21.7 Å². The summed E-state index contributed by atoms with van der Waals surface area (Å²) in [6, 6.07) is 0. The second kappa shape index (κ2) is 5.69. The van der Waals surface area contributed by atoms with Crippen LogP contribution in [0.1, 0.15) is 27.7 Å². The van der Waals surface area contributed by atoms with Crippen LogP contribution >= 0.6 is 0 Å². The summed E-state index contributed by atoms with van der Waals surface area (Å²) in [5.74, 6) is 0. The van der Waals surface area contributed by atoms with Crippen molar-refractivity contribution in [2.24, 2.45) is 0 Å².